The molecule has 0 aliphatic carbocycles. The Kier molecular flexibility index (Phi) is 6.11. The zero-order valence-corrected chi connectivity index (χ0v) is 12.1. The van der Waals surface area contributed by atoms with Gasteiger partial charge in [0.15, 0.2) is 11.5 Å². The van der Waals surface area contributed by atoms with Crippen LogP contribution in [0.4, 0.5) is 0 Å². The Balaban J connectivity index is 1.92. The topological polar surface area (TPSA) is 57.0 Å². The average molecular weight is 280 g/mol. The van der Waals surface area contributed by atoms with Crippen LogP contribution in [-0.4, -0.2) is 58.0 Å². The van der Waals surface area contributed by atoms with Crippen LogP contribution in [0, 0.1) is 0 Å². The second-order valence-corrected chi connectivity index (χ2v) is 4.79. The molecule has 1 aliphatic rings. The number of para-hydroxylation sites is 1. The fourth-order valence-corrected chi connectivity index (χ4v) is 2.34. The fraction of sp³-hybridized carbons (Fsp3) is 0.600. The zero-order chi connectivity index (χ0) is 14.2. The third kappa shape index (κ3) is 4.10. The maximum atomic E-state index is 5.95. The lowest BCUT2D eigenvalue weighted by Crippen LogP contribution is -2.38. The van der Waals surface area contributed by atoms with Crippen LogP contribution in [0.3, 0.4) is 0 Å². The molecule has 2 N–H and O–H groups in total. The molecule has 0 unspecified atom stereocenters. The molecule has 112 valence electrons. The monoisotopic (exact) mass is 280 g/mol. The zero-order valence-electron chi connectivity index (χ0n) is 12.1. The van der Waals surface area contributed by atoms with E-state index < -0.39 is 0 Å². The molecular weight excluding hydrogens is 256 g/mol. The lowest BCUT2D eigenvalue weighted by Gasteiger charge is -2.26. The first kappa shape index (κ1) is 15.1. The second-order valence-electron chi connectivity index (χ2n) is 4.79. The van der Waals surface area contributed by atoms with Gasteiger partial charge in [-0.05, 0) is 24.6 Å². The maximum absolute atomic E-state index is 5.95. The smallest absolute Gasteiger partial charge is 0.164 e. The van der Waals surface area contributed by atoms with Crippen molar-refractivity contribution in [2.24, 2.45) is 5.73 Å². The molecule has 1 aliphatic heterocycles. The minimum Gasteiger partial charge on any atom is -0.493 e. The quantitative estimate of drug-likeness (QED) is 0.804. The Labute approximate surface area is 120 Å². The molecule has 1 saturated heterocycles. The van der Waals surface area contributed by atoms with Gasteiger partial charge in [0, 0.05) is 19.6 Å². The first-order chi connectivity index (χ1) is 9.85. The number of hydrogen-bond acceptors (Lipinski definition) is 5. The predicted octanol–water partition coefficient (Wildman–Crippen LogP) is 0.907. The van der Waals surface area contributed by atoms with Crippen LogP contribution < -0.4 is 15.2 Å². The molecule has 0 saturated carbocycles. The van der Waals surface area contributed by atoms with Gasteiger partial charge in [-0.3, -0.25) is 4.90 Å². The summed E-state index contributed by atoms with van der Waals surface area (Å²) in [4.78, 5) is 2.35. The first-order valence-corrected chi connectivity index (χ1v) is 7.14. The van der Waals surface area contributed by atoms with Crippen molar-refractivity contribution in [1.29, 1.82) is 0 Å². The van der Waals surface area contributed by atoms with E-state index in [9.17, 15) is 0 Å². The Hall–Kier alpha value is -1.30. The van der Waals surface area contributed by atoms with Crippen molar-refractivity contribution in [3.8, 4) is 11.5 Å². The van der Waals surface area contributed by atoms with Gasteiger partial charge in [0.1, 0.15) is 6.61 Å². The molecule has 5 heteroatoms. The van der Waals surface area contributed by atoms with Crippen LogP contribution in [0.5, 0.6) is 11.5 Å². The van der Waals surface area contributed by atoms with E-state index in [2.05, 4.69) is 4.90 Å². The molecule has 0 atom stereocenters. The fourth-order valence-electron chi connectivity index (χ4n) is 2.34. The summed E-state index contributed by atoms with van der Waals surface area (Å²) in [5.41, 5.74) is 6.75. The third-order valence-corrected chi connectivity index (χ3v) is 3.45. The Bertz CT molecular complexity index is 406. The molecule has 2 rings (SSSR count). The molecule has 0 spiro atoms. The summed E-state index contributed by atoms with van der Waals surface area (Å²) in [6.45, 7) is 5.74. The van der Waals surface area contributed by atoms with Gasteiger partial charge in [-0.2, -0.15) is 0 Å². The van der Waals surface area contributed by atoms with Gasteiger partial charge < -0.3 is 19.9 Å². The first-order valence-electron chi connectivity index (χ1n) is 7.14. The van der Waals surface area contributed by atoms with Gasteiger partial charge in [-0.15, -0.1) is 0 Å². The van der Waals surface area contributed by atoms with Crippen LogP contribution in [-0.2, 0) is 11.2 Å². The highest BCUT2D eigenvalue weighted by Gasteiger charge is 2.13. The summed E-state index contributed by atoms with van der Waals surface area (Å²) in [6, 6.07) is 5.93. The number of morpholine rings is 1. The highest BCUT2D eigenvalue weighted by molar-refractivity contribution is 5.46. The average Bonchev–Trinajstić information content (AvgIpc) is 2.50. The molecular formula is C15H24N2O3. The second kappa shape index (κ2) is 8.09. The molecule has 1 heterocycles. The Morgan fingerprint density at radius 2 is 2.10 bits per heavy atom. The van der Waals surface area contributed by atoms with E-state index in [1.54, 1.807) is 7.11 Å². The summed E-state index contributed by atoms with van der Waals surface area (Å²) in [7, 11) is 1.66. The van der Waals surface area contributed by atoms with E-state index in [1.807, 2.05) is 18.2 Å². The number of hydrogen-bond donors (Lipinski definition) is 1. The van der Waals surface area contributed by atoms with E-state index in [4.69, 9.17) is 19.9 Å². The van der Waals surface area contributed by atoms with E-state index in [0.717, 1.165) is 56.3 Å². The molecule has 1 fully saturated rings. The Morgan fingerprint density at radius 1 is 1.30 bits per heavy atom. The Morgan fingerprint density at radius 3 is 2.80 bits per heavy atom. The normalized spacial score (nSPS) is 16.1. The number of benzene rings is 1. The molecule has 1 aromatic rings. The summed E-state index contributed by atoms with van der Waals surface area (Å²) in [5, 5.41) is 0. The van der Waals surface area contributed by atoms with E-state index in [1.165, 1.54) is 0 Å². The third-order valence-electron chi connectivity index (χ3n) is 3.45. The molecule has 0 aromatic heterocycles. The largest absolute Gasteiger partial charge is 0.493 e. The molecule has 0 amide bonds. The number of methoxy groups -OCH3 is 1. The molecule has 0 radical (unpaired) electrons. The van der Waals surface area contributed by atoms with Crippen molar-refractivity contribution in [2.75, 3.05) is 53.1 Å². The lowest BCUT2D eigenvalue weighted by atomic mass is 10.1. The molecule has 5 nitrogen and oxygen atoms in total. The van der Waals surface area contributed by atoms with E-state index in [0.29, 0.717) is 13.2 Å². The van der Waals surface area contributed by atoms with Crippen molar-refractivity contribution in [1.82, 2.24) is 4.90 Å². The molecule has 0 bridgehead atoms. The highest BCUT2D eigenvalue weighted by atomic mass is 16.5. The van der Waals surface area contributed by atoms with E-state index in [-0.39, 0.29) is 0 Å². The van der Waals surface area contributed by atoms with Crippen molar-refractivity contribution in [2.45, 2.75) is 6.42 Å². The standard InChI is InChI=1S/C15H24N2O3/c1-18-14-4-2-3-13(5-6-16)15(14)20-12-9-17-7-10-19-11-8-17/h2-4H,5-12,16H2,1H3. The maximum Gasteiger partial charge on any atom is 0.164 e. The van der Waals surface area contributed by atoms with Crippen LogP contribution in [0.1, 0.15) is 5.56 Å². The van der Waals surface area contributed by atoms with E-state index >= 15 is 0 Å². The molecule has 1 aromatic carbocycles. The van der Waals surface area contributed by atoms with Crippen molar-refractivity contribution in [3.05, 3.63) is 23.8 Å². The van der Waals surface area contributed by atoms with Crippen molar-refractivity contribution < 1.29 is 14.2 Å². The summed E-state index contributed by atoms with van der Waals surface area (Å²) < 4.78 is 16.7. The predicted molar refractivity (Wildman–Crippen MR) is 78.5 cm³/mol. The summed E-state index contributed by atoms with van der Waals surface area (Å²) in [6.07, 6.45) is 0.796. The minimum atomic E-state index is 0.604. The van der Waals surface area contributed by atoms with Gasteiger partial charge in [-0.1, -0.05) is 12.1 Å². The minimum absolute atomic E-state index is 0.604. The molecule has 20 heavy (non-hydrogen) atoms. The number of rotatable bonds is 7. The van der Waals surface area contributed by atoms with Crippen molar-refractivity contribution in [3.63, 3.8) is 0 Å². The van der Waals surface area contributed by atoms with Gasteiger partial charge in [0.05, 0.1) is 20.3 Å². The number of nitrogens with zero attached hydrogens (tertiary/aromatic N) is 1. The summed E-state index contributed by atoms with van der Waals surface area (Å²) >= 11 is 0. The lowest BCUT2D eigenvalue weighted by molar-refractivity contribution is 0.0320. The van der Waals surface area contributed by atoms with Crippen molar-refractivity contribution >= 4 is 0 Å². The van der Waals surface area contributed by atoms with Gasteiger partial charge >= 0.3 is 0 Å². The highest BCUT2D eigenvalue weighted by Crippen LogP contribution is 2.31. The SMILES string of the molecule is COc1cccc(CCN)c1OCCN1CCOCC1. The van der Waals surface area contributed by atoms with Crippen LogP contribution in [0.15, 0.2) is 18.2 Å². The van der Waals surface area contributed by atoms with Gasteiger partial charge in [-0.25, -0.2) is 0 Å². The van der Waals surface area contributed by atoms with Gasteiger partial charge in [0.2, 0.25) is 0 Å². The van der Waals surface area contributed by atoms with Crippen LogP contribution in [0.2, 0.25) is 0 Å². The number of ether oxygens (including phenoxy) is 3. The van der Waals surface area contributed by atoms with Crippen LogP contribution >= 0.6 is 0 Å². The number of nitrogens with two attached hydrogens (primary N) is 1. The summed E-state index contributed by atoms with van der Waals surface area (Å²) in [5.74, 6) is 1.60. The van der Waals surface area contributed by atoms with Gasteiger partial charge in [0.25, 0.3) is 0 Å². The van der Waals surface area contributed by atoms with Crippen LogP contribution in [0.25, 0.3) is 0 Å².